The predicted molar refractivity (Wildman–Crippen MR) is 114 cm³/mol. The molecular formula is C21H21N3O3S. The molecule has 0 fully saturated rings. The Bertz CT molecular complexity index is 1010. The first-order chi connectivity index (χ1) is 13.6. The standard InChI is InChI=1S/C21H21N3O3S/c1-28-13-12-18(21(26)27)22-14-17-19(15-8-4-2-5-9-15)23-24(20(17)25)16-10-6-3-7-11-16/h2-11,14,18,23H,12-13H2,1H3,(H,26,27)/t18-/m0/s1. The minimum absolute atomic E-state index is 0.275. The van der Waals surface area contributed by atoms with Crippen LogP contribution in [0.2, 0.25) is 0 Å². The average molecular weight is 395 g/mol. The van der Waals surface area contributed by atoms with E-state index in [1.165, 1.54) is 10.9 Å². The molecule has 0 aliphatic rings. The van der Waals surface area contributed by atoms with Gasteiger partial charge in [-0.1, -0.05) is 48.5 Å². The second kappa shape index (κ2) is 9.23. The van der Waals surface area contributed by atoms with Gasteiger partial charge in [0.05, 0.1) is 16.9 Å². The molecule has 1 heterocycles. The Labute approximate surface area is 166 Å². The van der Waals surface area contributed by atoms with Crippen molar-refractivity contribution >= 4 is 23.9 Å². The number of nitrogens with one attached hydrogen (secondary N) is 1. The molecule has 7 heteroatoms. The highest BCUT2D eigenvalue weighted by atomic mass is 32.2. The molecule has 0 aliphatic heterocycles. The van der Waals surface area contributed by atoms with E-state index in [-0.39, 0.29) is 5.56 Å². The highest BCUT2D eigenvalue weighted by Gasteiger charge is 2.18. The number of H-pyrrole nitrogens is 1. The Morgan fingerprint density at radius 3 is 2.43 bits per heavy atom. The van der Waals surface area contributed by atoms with Crippen molar-refractivity contribution in [3.05, 3.63) is 76.6 Å². The zero-order valence-electron chi connectivity index (χ0n) is 15.4. The van der Waals surface area contributed by atoms with Crippen molar-refractivity contribution in [1.29, 1.82) is 0 Å². The van der Waals surface area contributed by atoms with E-state index in [2.05, 4.69) is 10.1 Å². The van der Waals surface area contributed by atoms with Gasteiger partial charge in [0.2, 0.25) is 0 Å². The summed E-state index contributed by atoms with van der Waals surface area (Å²) in [4.78, 5) is 28.7. The maximum Gasteiger partial charge on any atom is 0.328 e. The lowest BCUT2D eigenvalue weighted by atomic mass is 10.1. The van der Waals surface area contributed by atoms with E-state index in [1.54, 1.807) is 11.8 Å². The first kappa shape index (κ1) is 19.7. The third-order valence-electron chi connectivity index (χ3n) is 4.27. The zero-order valence-corrected chi connectivity index (χ0v) is 16.2. The fraction of sp³-hybridized carbons (Fsp3) is 0.190. The van der Waals surface area contributed by atoms with Crippen LogP contribution in [0.3, 0.4) is 0 Å². The fourth-order valence-corrected chi connectivity index (χ4v) is 3.27. The number of hydrogen-bond donors (Lipinski definition) is 2. The summed E-state index contributed by atoms with van der Waals surface area (Å²) in [5.41, 5.74) is 2.19. The number of carboxylic acid groups (broad SMARTS) is 1. The van der Waals surface area contributed by atoms with E-state index in [1.807, 2.05) is 66.9 Å². The molecule has 2 N–H and O–H groups in total. The minimum atomic E-state index is -0.995. The molecule has 6 nitrogen and oxygen atoms in total. The lowest BCUT2D eigenvalue weighted by Crippen LogP contribution is -2.21. The molecule has 1 aromatic heterocycles. The molecule has 3 rings (SSSR count). The summed E-state index contributed by atoms with van der Waals surface area (Å²) in [6, 6.07) is 17.8. The van der Waals surface area contributed by atoms with E-state index in [4.69, 9.17) is 0 Å². The van der Waals surface area contributed by atoms with Gasteiger partial charge in [-0.25, -0.2) is 9.48 Å². The highest BCUT2D eigenvalue weighted by molar-refractivity contribution is 7.98. The van der Waals surface area contributed by atoms with Gasteiger partial charge in [0, 0.05) is 11.8 Å². The average Bonchev–Trinajstić information content (AvgIpc) is 3.05. The number of rotatable bonds is 8. The zero-order chi connectivity index (χ0) is 19.9. The molecule has 0 spiro atoms. The summed E-state index contributed by atoms with van der Waals surface area (Å²) in [5.74, 6) is -0.313. The molecule has 0 saturated heterocycles. The number of thioether (sulfide) groups is 1. The summed E-state index contributed by atoms with van der Waals surface area (Å²) in [5, 5.41) is 12.5. The molecule has 3 aromatic rings. The van der Waals surface area contributed by atoms with Crippen molar-refractivity contribution < 1.29 is 9.90 Å². The number of benzene rings is 2. The topological polar surface area (TPSA) is 87.5 Å². The Balaban J connectivity index is 2.08. The smallest absolute Gasteiger partial charge is 0.328 e. The number of nitrogens with zero attached hydrogens (tertiary/aromatic N) is 2. The third-order valence-corrected chi connectivity index (χ3v) is 4.91. The first-order valence-electron chi connectivity index (χ1n) is 8.82. The van der Waals surface area contributed by atoms with Gasteiger partial charge in [0.25, 0.3) is 5.56 Å². The lowest BCUT2D eigenvalue weighted by molar-refractivity contribution is -0.138. The van der Waals surface area contributed by atoms with Crippen molar-refractivity contribution in [2.24, 2.45) is 4.99 Å². The van der Waals surface area contributed by atoms with E-state index in [9.17, 15) is 14.7 Å². The molecule has 2 aromatic carbocycles. The van der Waals surface area contributed by atoms with Crippen LogP contribution in [0.1, 0.15) is 12.0 Å². The molecule has 0 bridgehead atoms. The second-order valence-corrected chi connectivity index (χ2v) is 7.14. The van der Waals surface area contributed by atoms with Crippen LogP contribution in [0.4, 0.5) is 0 Å². The summed E-state index contributed by atoms with van der Waals surface area (Å²) >= 11 is 1.56. The number of carbonyl (C=O) groups is 1. The lowest BCUT2D eigenvalue weighted by Gasteiger charge is -2.05. The largest absolute Gasteiger partial charge is 0.480 e. The van der Waals surface area contributed by atoms with Gasteiger partial charge in [-0.15, -0.1) is 0 Å². The van der Waals surface area contributed by atoms with E-state index in [0.717, 1.165) is 5.56 Å². The molecule has 28 heavy (non-hydrogen) atoms. The van der Waals surface area contributed by atoms with Crippen LogP contribution in [-0.4, -0.2) is 45.1 Å². The Hall–Kier alpha value is -3.06. The monoisotopic (exact) mass is 395 g/mol. The fourth-order valence-electron chi connectivity index (χ4n) is 2.81. The molecule has 0 amide bonds. The van der Waals surface area contributed by atoms with Crippen molar-refractivity contribution in [3.63, 3.8) is 0 Å². The van der Waals surface area contributed by atoms with Gasteiger partial charge < -0.3 is 5.11 Å². The second-order valence-electron chi connectivity index (χ2n) is 6.16. The molecule has 0 saturated carbocycles. The van der Waals surface area contributed by atoms with Crippen molar-refractivity contribution in [2.75, 3.05) is 12.0 Å². The minimum Gasteiger partial charge on any atom is -0.480 e. The van der Waals surface area contributed by atoms with Crippen LogP contribution in [0, 0.1) is 0 Å². The first-order valence-corrected chi connectivity index (χ1v) is 10.2. The van der Waals surface area contributed by atoms with Crippen LogP contribution in [-0.2, 0) is 4.79 Å². The van der Waals surface area contributed by atoms with Crippen molar-refractivity contribution in [1.82, 2.24) is 9.78 Å². The van der Waals surface area contributed by atoms with Crippen LogP contribution >= 0.6 is 11.8 Å². The van der Waals surface area contributed by atoms with Crippen LogP contribution in [0.25, 0.3) is 16.9 Å². The van der Waals surface area contributed by atoms with E-state index >= 15 is 0 Å². The van der Waals surface area contributed by atoms with Gasteiger partial charge in [0.15, 0.2) is 0 Å². The molecule has 144 valence electrons. The maximum absolute atomic E-state index is 13.0. The predicted octanol–water partition coefficient (Wildman–Crippen LogP) is 3.46. The number of carboxylic acids is 1. The van der Waals surface area contributed by atoms with Crippen molar-refractivity contribution in [2.45, 2.75) is 12.5 Å². The molecule has 0 radical (unpaired) electrons. The SMILES string of the molecule is CSCC[C@H](N=Cc1c(-c2ccccc2)[nH]n(-c2ccccc2)c1=O)C(=O)O. The van der Waals surface area contributed by atoms with Gasteiger partial charge in [-0.2, -0.15) is 11.8 Å². The van der Waals surface area contributed by atoms with Crippen LogP contribution in [0.15, 0.2) is 70.5 Å². The molecule has 0 unspecified atom stereocenters. The Kier molecular flexibility index (Phi) is 6.49. The summed E-state index contributed by atoms with van der Waals surface area (Å²) in [7, 11) is 0. The number of aromatic amines is 1. The number of aromatic nitrogens is 2. The quantitative estimate of drug-likeness (QED) is 0.572. The normalized spacial score (nSPS) is 12.3. The van der Waals surface area contributed by atoms with Crippen molar-refractivity contribution in [3.8, 4) is 16.9 Å². The van der Waals surface area contributed by atoms with Gasteiger partial charge in [-0.3, -0.25) is 14.9 Å². The van der Waals surface area contributed by atoms with Gasteiger partial charge in [-0.05, 0) is 30.6 Å². The van der Waals surface area contributed by atoms with Crippen LogP contribution < -0.4 is 5.56 Å². The summed E-state index contributed by atoms with van der Waals surface area (Å²) in [6.45, 7) is 0. The van der Waals surface area contributed by atoms with Crippen LogP contribution in [0.5, 0.6) is 0 Å². The van der Waals surface area contributed by atoms with Gasteiger partial charge >= 0.3 is 5.97 Å². The number of hydrogen-bond acceptors (Lipinski definition) is 4. The Morgan fingerprint density at radius 2 is 1.82 bits per heavy atom. The van der Waals surface area contributed by atoms with E-state index < -0.39 is 12.0 Å². The Morgan fingerprint density at radius 1 is 1.18 bits per heavy atom. The van der Waals surface area contributed by atoms with Gasteiger partial charge in [0.1, 0.15) is 6.04 Å². The highest BCUT2D eigenvalue weighted by Crippen LogP contribution is 2.20. The third kappa shape index (κ3) is 4.43. The number of para-hydroxylation sites is 1. The van der Waals surface area contributed by atoms with E-state index in [0.29, 0.717) is 29.1 Å². The maximum atomic E-state index is 13.0. The summed E-state index contributed by atoms with van der Waals surface area (Å²) in [6.07, 6.45) is 3.71. The number of aliphatic imine (C=N–C) groups is 1. The molecular weight excluding hydrogens is 374 g/mol. The molecule has 0 aliphatic carbocycles. The number of aliphatic carboxylic acids is 1. The summed E-state index contributed by atoms with van der Waals surface area (Å²) < 4.78 is 1.45. The molecule has 1 atom stereocenters.